The van der Waals surface area contributed by atoms with Gasteiger partial charge >= 0.3 is 0 Å². The lowest BCUT2D eigenvalue weighted by Crippen LogP contribution is -1.83. The second-order valence-electron chi connectivity index (χ2n) is 3.59. The van der Waals surface area contributed by atoms with Crippen LogP contribution in [0.1, 0.15) is 44.1 Å². The molecule has 0 saturated heterocycles. The van der Waals surface area contributed by atoms with Gasteiger partial charge in [-0.3, -0.25) is 0 Å². The van der Waals surface area contributed by atoms with Crippen molar-refractivity contribution in [2.24, 2.45) is 0 Å². The molecule has 1 aromatic heterocycles. The molecule has 0 aliphatic rings. The predicted molar refractivity (Wildman–Crippen MR) is 54.6 cm³/mol. The zero-order valence-corrected chi connectivity index (χ0v) is 8.84. The van der Waals surface area contributed by atoms with Crippen LogP contribution in [-0.4, -0.2) is 10.2 Å². The molecule has 0 bridgehead atoms. The van der Waals surface area contributed by atoms with E-state index in [1.54, 1.807) is 6.92 Å². The summed E-state index contributed by atoms with van der Waals surface area (Å²) in [6.07, 6.45) is 5.22. The Balaban J connectivity index is 2.47. The highest BCUT2D eigenvalue weighted by Crippen LogP contribution is 2.35. The Morgan fingerprint density at radius 1 is 1.07 bits per heavy atom. The third kappa shape index (κ3) is 2.44. The summed E-state index contributed by atoms with van der Waals surface area (Å²) >= 11 is 0. The average Bonchev–Trinajstić information content (AvgIpc) is 2.41. The van der Waals surface area contributed by atoms with Crippen LogP contribution in [0.25, 0.3) is 0 Å². The van der Waals surface area contributed by atoms with Crippen molar-refractivity contribution in [3.63, 3.8) is 0 Å². The van der Waals surface area contributed by atoms with Crippen molar-refractivity contribution < 1.29 is 14.6 Å². The van der Waals surface area contributed by atoms with Crippen molar-refractivity contribution in [3.8, 4) is 11.5 Å². The van der Waals surface area contributed by atoms with Crippen LogP contribution < -0.4 is 0 Å². The lowest BCUT2D eigenvalue weighted by molar-refractivity contribution is 0.400. The van der Waals surface area contributed by atoms with Gasteiger partial charge in [-0.25, -0.2) is 0 Å². The van der Waals surface area contributed by atoms with Crippen LogP contribution in [0.2, 0.25) is 0 Å². The molecule has 0 atom stereocenters. The molecule has 0 radical (unpaired) electrons. The molecule has 0 saturated carbocycles. The van der Waals surface area contributed by atoms with E-state index in [1.165, 1.54) is 12.8 Å². The monoisotopic (exact) mass is 198 g/mol. The smallest absolute Gasteiger partial charge is 0.200 e. The zero-order valence-electron chi connectivity index (χ0n) is 8.84. The molecule has 0 fully saturated rings. The Bertz CT molecular complexity index is 289. The lowest BCUT2D eigenvalue weighted by Gasteiger charge is -1.97. The minimum absolute atomic E-state index is 0.0843. The fourth-order valence-corrected chi connectivity index (χ4v) is 1.46. The molecule has 2 N–H and O–H groups in total. The third-order valence-electron chi connectivity index (χ3n) is 2.36. The van der Waals surface area contributed by atoms with E-state index in [0.29, 0.717) is 17.9 Å². The van der Waals surface area contributed by atoms with Gasteiger partial charge in [0.25, 0.3) is 0 Å². The fourth-order valence-electron chi connectivity index (χ4n) is 1.46. The van der Waals surface area contributed by atoms with Crippen LogP contribution in [0.4, 0.5) is 0 Å². The average molecular weight is 198 g/mol. The highest BCUT2D eigenvalue weighted by molar-refractivity contribution is 5.43. The fraction of sp³-hybridized carbons (Fsp3) is 0.636. The number of furan rings is 1. The highest BCUT2D eigenvalue weighted by Gasteiger charge is 2.15. The van der Waals surface area contributed by atoms with Crippen LogP contribution in [0.15, 0.2) is 4.42 Å². The molecule has 0 aromatic carbocycles. The minimum atomic E-state index is -0.115. The Labute approximate surface area is 84.4 Å². The maximum Gasteiger partial charge on any atom is 0.200 e. The number of hydrogen-bond acceptors (Lipinski definition) is 3. The second-order valence-corrected chi connectivity index (χ2v) is 3.59. The van der Waals surface area contributed by atoms with E-state index in [9.17, 15) is 10.2 Å². The van der Waals surface area contributed by atoms with Gasteiger partial charge in [0.05, 0.1) is 0 Å². The van der Waals surface area contributed by atoms with Crippen molar-refractivity contribution in [1.29, 1.82) is 0 Å². The summed E-state index contributed by atoms with van der Waals surface area (Å²) in [6.45, 7) is 3.80. The maximum absolute atomic E-state index is 9.43. The van der Waals surface area contributed by atoms with Crippen molar-refractivity contribution in [2.45, 2.75) is 46.0 Å². The van der Waals surface area contributed by atoms with Gasteiger partial charge < -0.3 is 14.6 Å². The van der Waals surface area contributed by atoms with E-state index in [0.717, 1.165) is 12.8 Å². The van der Waals surface area contributed by atoms with E-state index < -0.39 is 0 Å². The molecule has 0 aliphatic carbocycles. The normalized spacial score (nSPS) is 10.7. The first-order valence-corrected chi connectivity index (χ1v) is 5.17. The van der Waals surface area contributed by atoms with Crippen molar-refractivity contribution in [1.82, 2.24) is 0 Å². The highest BCUT2D eigenvalue weighted by atomic mass is 16.4. The number of aromatic hydroxyl groups is 2. The Morgan fingerprint density at radius 3 is 2.29 bits per heavy atom. The molecule has 0 unspecified atom stereocenters. The number of aryl methyl sites for hydroxylation is 2. The van der Waals surface area contributed by atoms with E-state index in [2.05, 4.69) is 6.92 Å². The largest absolute Gasteiger partial charge is 0.502 e. The third-order valence-corrected chi connectivity index (χ3v) is 2.36. The molecule has 1 aromatic rings. The first-order valence-electron chi connectivity index (χ1n) is 5.17. The van der Waals surface area contributed by atoms with Gasteiger partial charge in [-0.2, -0.15) is 0 Å². The Morgan fingerprint density at radius 2 is 1.79 bits per heavy atom. The van der Waals surface area contributed by atoms with Gasteiger partial charge in [-0.05, 0) is 13.3 Å². The Hall–Kier alpha value is -1.12. The molecular weight excluding hydrogens is 180 g/mol. The van der Waals surface area contributed by atoms with Crippen LogP contribution >= 0.6 is 0 Å². The van der Waals surface area contributed by atoms with Gasteiger partial charge in [-0.1, -0.05) is 26.2 Å². The van der Waals surface area contributed by atoms with Crippen molar-refractivity contribution >= 4 is 0 Å². The zero-order chi connectivity index (χ0) is 10.6. The number of hydrogen-bond donors (Lipinski definition) is 2. The standard InChI is InChI=1S/C11H18O3/c1-3-4-5-6-7-9-11(13)10(12)8(2)14-9/h12-13H,3-7H2,1-2H3. The quantitative estimate of drug-likeness (QED) is 0.715. The second kappa shape index (κ2) is 4.94. The van der Waals surface area contributed by atoms with Crippen LogP contribution in [0.3, 0.4) is 0 Å². The molecular formula is C11H18O3. The van der Waals surface area contributed by atoms with E-state index >= 15 is 0 Å². The van der Waals surface area contributed by atoms with Gasteiger partial charge in [0.2, 0.25) is 0 Å². The van der Waals surface area contributed by atoms with Crippen molar-refractivity contribution in [3.05, 3.63) is 11.5 Å². The molecule has 0 spiro atoms. The summed E-state index contributed by atoms with van der Waals surface area (Å²) < 4.78 is 5.23. The number of rotatable bonds is 5. The first-order chi connectivity index (χ1) is 6.66. The van der Waals surface area contributed by atoms with E-state index in [1.807, 2.05) is 0 Å². The van der Waals surface area contributed by atoms with E-state index in [4.69, 9.17) is 4.42 Å². The van der Waals surface area contributed by atoms with Gasteiger partial charge in [0.1, 0.15) is 11.5 Å². The lowest BCUT2D eigenvalue weighted by atomic mass is 10.1. The maximum atomic E-state index is 9.43. The van der Waals surface area contributed by atoms with Crippen LogP contribution in [0, 0.1) is 6.92 Å². The van der Waals surface area contributed by atoms with Crippen LogP contribution in [-0.2, 0) is 6.42 Å². The summed E-state index contributed by atoms with van der Waals surface area (Å²) in [7, 11) is 0. The molecule has 0 amide bonds. The van der Waals surface area contributed by atoms with Crippen LogP contribution in [0.5, 0.6) is 11.5 Å². The summed E-state index contributed by atoms with van der Waals surface area (Å²) in [5.74, 6) is 0.707. The van der Waals surface area contributed by atoms with Gasteiger partial charge in [-0.15, -0.1) is 0 Å². The molecule has 0 aliphatic heterocycles. The molecule has 3 heteroatoms. The van der Waals surface area contributed by atoms with Gasteiger partial charge in [0, 0.05) is 6.42 Å². The molecule has 14 heavy (non-hydrogen) atoms. The minimum Gasteiger partial charge on any atom is -0.502 e. The molecule has 3 nitrogen and oxygen atoms in total. The summed E-state index contributed by atoms with van der Waals surface area (Å²) in [4.78, 5) is 0. The molecule has 1 rings (SSSR count). The SMILES string of the molecule is CCCCCCc1oc(C)c(O)c1O. The topological polar surface area (TPSA) is 53.6 Å². The summed E-state index contributed by atoms with van der Waals surface area (Å²) in [5.41, 5.74) is 0. The molecule has 80 valence electrons. The predicted octanol–water partition coefficient (Wildman–Crippen LogP) is 3.12. The number of unbranched alkanes of at least 4 members (excludes halogenated alkanes) is 3. The van der Waals surface area contributed by atoms with E-state index in [-0.39, 0.29) is 11.5 Å². The Kier molecular flexibility index (Phi) is 3.86. The summed E-state index contributed by atoms with van der Waals surface area (Å²) in [5, 5.41) is 18.7. The summed E-state index contributed by atoms with van der Waals surface area (Å²) in [6, 6.07) is 0. The first kappa shape index (κ1) is 11.0. The van der Waals surface area contributed by atoms with Crippen molar-refractivity contribution in [2.75, 3.05) is 0 Å². The molecule has 1 heterocycles. The van der Waals surface area contributed by atoms with Gasteiger partial charge in [0.15, 0.2) is 11.5 Å².